The van der Waals surface area contributed by atoms with E-state index in [1.165, 1.54) is 11.3 Å². The fraction of sp³-hybridized carbons (Fsp3) is 0.214. The molecule has 1 heterocycles. The van der Waals surface area contributed by atoms with E-state index in [-0.39, 0.29) is 10.9 Å². The Hall–Kier alpha value is -1.79. The van der Waals surface area contributed by atoms with Crippen molar-refractivity contribution in [3.8, 4) is 0 Å². The average molecular weight is 305 g/mol. The molecule has 0 saturated heterocycles. The van der Waals surface area contributed by atoms with Gasteiger partial charge in [0.2, 0.25) is 0 Å². The van der Waals surface area contributed by atoms with Crippen LogP contribution in [0.4, 0.5) is 0 Å². The number of rotatable bonds is 4. The quantitative estimate of drug-likeness (QED) is 0.851. The summed E-state index contributed by atoms with van der Waals surface area (Å²) in [7, 11) is 0. The lowest BCUT2D eigenvalue weighted by Crippen LogP contribution is -2.41. The van der Waals surface area contributed by atoms with Gasteiger partial charge in [-0.2, -0.15) is 0 Å². The second kappa shape index (κ2) is 5.68. The first kappa shape index (κ1) is 14.6. The van der Waals surface area contributed by atoms with E-state index in [0.29, 0.717) is 11.1 Å². The minimum absolute atomic E-state index is 0.177. The van der Waals surface area contributed by atoms with Crippen molar-refractivity contribution in [2.75, 3.05) is 0 Å². The first-order valence-corrected chi connectivity index (χ1v) is 7.31. The molecule has 2 aromatic rings. The molecule has 0 radical (unpaired) electrons. The number of nitrogens with zero attached hydrogens (tertiary/aromatic N) is 1. The SMILES string of the molecule is CC(C)(NC(=O)c1cccc(C(N)=S)c1)c1nccs1. The van der Waals surface area contributed by atoms with Crippen LogP contribution < -0.4 is 11.1 Å². The summed E-state index contributed by atoms with van der Waals surface area (Å²) in [6.45, 7) is 3.84. The minimum Gasteiger partial charge on any atom is -0.389 e. The van der Waals surface area contributed by atoms with Crippen molar-refractivity contribution in [2.24, 2.45) is 5.73 Å². The van der Waals surface area contributed by atoms with Crippen LogP contribution in [0.3, 0.4) is 0 Å². The molecule has 6 heteroatoms. The molecule has 0 fully saturated rings. The van der Waals surface area contributed by atoms with Crippen LogP contribution in [0, 0.1) is 0 Å². The number of nitrogens with one attached hydrogen (secondary N) is 1. The lowest BCUT2D eigenvalue weighted by atomic mass is 10.0. The maximum absolute atomic E-state index is 12.3. The van der Waals surface area contributed by atoms with Crippen molar-refractivity contribution in [1.29, 1.82) is 0 Å². The molecule has 0 atom stereocenters. The van der Waals surface area contributed by atoms with Gasteiger partial charge in [-0.15, -0.1) is 11.3 Å². The molecular formula is C14H15N3OS2. The van der Waals surface area contributed by atoms with Crippen LogP contribution in [0.5, 0.6) is 0 Å². The molecule has 2 rings (SSSR count). The molecule has 0 spiro atoms. The summed E-state index contributed by atoms with van der Waals surface area (Å²) in [5.41, 5.74) is 6.26. The van der Waals surface area contributed by atoms with E-state index < -0.39 is 5.54 Å². The summed E-state index contributed by atoms with van der Waals surface area (Å²) in [4.78, 5) is 16.8. The van der Waals surface area contributed by atoms with Crippen molar-refractivity contribution in [1.82, 2.24) is 10.3 Å². The monoisotopic (exact) mass is 305 g/mol. The van der Waals surface area contributed by atoms with Gasteiger partial charge in [0.1, 0.15) is 10.00 Å². The molecule has 1 aromatic heterocycles. The first-order valence-electron chi connectivity index (χ1n) is 6.02. The van der Waals surface area contributed by atoms with Gasteiger partial charge in [0.25, 0.3) is 5.91 Å². The Morgan fingerprint density at radius 1 is 1.40 bits per heavy atom. The van der Waals surface area contributed by atoms with Gasteiger partial charge >= 0.3 is 0 Å². The van der Waals surface area contributed by atoms with Gasteiger partial charge in [0.15, 0.2) is 0 Å². The van der Waals surface area contributed by atoms with Gasteiger partial charge in [-0.3, -0.25) is 4.79 Å². The molecule has 3 N–H and O–H groups in total. The molecule has 0 aliphatic rings. The number of hydrogen-bond acceptors (Lipinski definition) is 4. The highest BCUT2D eigenvalue weighted by Crippen LogP contribution is 2.22. The van der Waals surface area contributed by atoms with Gasteiger partial charge in [-0.1, -0.05) is 24.4 Å². The molecule has 104 valence electrons. The lowest BCUT2D eigenvalue weighted by Gasteiger charge is -2.23. The highest BCUT2D eigenvalue weighted by Gasteiger charge is 2.26. The molecular weight excluding hydrogens is 290 g/mol. The molecule has 1 amide bonds. The number of thiocarbonyl (C=S) groups is 1. The summed E-state index contributed by atoms with van der Waals surface area (Å²) in [5, 5.41) is 5.71. The maximum Gasteiger partial charge on any atom is 0.252 e. The van der Waals surface area contributed by atoms with E-state index in [1.807, 2.05) is 19.2 Å². The van der Waals surface area contributed by atoms with Crippen LogP contribution >= 0.6 is 23.6 Å². The summed E-state index contributed by atoms with van der Waals surface area (Å²) < 4.78 is 0. The zero-order valence-electron chi connectivity index (χ0n) is 11.2. The van der Waals surface area contributed by atoms with Crippen molar-refractivity contribution < 1.29 is 4.79 Å². The minimum atomic E-state index is -0.523. The van der Waals surface area contributed by atoms with Crippen LogP contribution in [-0.4, -0.2) is 15.9 Å². The second-order valence-electron chi connectivity index (χ2n) is 4.86. The molecule has 0 saturated carbocycles. The summed E-state index contributed by atoms with van der Waals surface area (Å²) >= 11 is 6.43. The molecule has 0 bridgehead atoms. The van der Waals surface area contributed by atoms with Gasteiger partial charge in [0.05, 0.1) is 5.54 Å². The standard InChI is InChI=1S/C14H15N3OS2/c1-14(2,13-16-6-7-20-13)17-12(18)10-5-3-4-9(8-10)11(15)19/h3-8H,1-2H3,(H2,15,19)(H,17,18). The summed E-state index contributed by atoms with van der Waals surface area (Å²) in [6.07, 6.45) is 1.72. The van der Waals surface area contributed by atoms with Crippen molar-refractivity contribution >= 4 is 34.5 Å². The van der Waals surface area contributed by atoms with E-state index in [0.717, 1.165) is 5.01 Å². The number of carbonyl (C=O) groups is 1. The molecule has 0 unspecified atom stereocenters. The predicted octanol–water partition coefficient (Wildman–Crippen LogP) is 2.44. The third-order valence-corrected chi connectivity index (χ3v) is 4.13. The molecule has 0 aliphatic heterocycles. The van der Waals surface area contributed by atoms with Crippen molar-refractivity contribution in [3.05, 3.63) is 52.0 Å². The molecule has 20 heavy (non-hydrogen) atoms. The van der Waals surface area contributed by atoms with Crippen molar-refractivity contribution in [2.45, 2.75) is 19.4 Å². The Morgan fingerprint density at radius 3 is 2.70 bits per heavy atom. The number of thiazole rings is 1. The average Bonchev–Trinajstić information content (AvgIpc) is 2.93. The molecule has 1 aromatic carbocycles. The predicted molar refractivity (Wildman–Crippen MR) is 84.9 cm³/mol. The number of aromatic nitrogens is 1. The summed E-state index contributed by atoms with van der Waals surface area (Å²) in [6, 6.07) is 6.97. The topological polar surface area (TPSA) is 68.0 Å². The van der Waals surface area contributed by atoms with Crippen LogP contribution in [-0.2, 0) is 5.54 Å². The van der Waals surface area contributed by atoms with E-state index in [9.17, 15) is 4.79 Å². The number of carbonyl (C=O) groups excluding carboxylic acids is 1. The van der Waals surface area contributed by atoms with E-state index in [4.69, 9.17) is 18.0 Å². The normalized spacial score (nSPS) is 11.1. The first-order chi connectivity index (χ1) is 9.40. The molecule has 4 nitrogen and oxygen atoms in total. The van der Waals surface area contributed by atoms with Crippen LogP contribution in [0.1, 0.15) is 34.8 Å². The van der Waals surface area contributed by atoms with Crippen LogP contribution in [0.2, 0.25) is 0 Å². The van der Waals surface area contributed by atoms with Crippen LogP contribution in [0.15, 0.2) is 35.8 Å². The Balaban J connectivity index is 2.20. The largest absolute Gasteiger partial charge is 0.389 e. The smallest absolute Gasteiger partial charge is 0.252 e. The molecule has 0 aliphatic carbocycles. The van der Waals surface area contributed by atoms with Crippen molar-refractivity contribution in [3.63, 3.8) is 0 Å². The Kier molecular flexibility index (Phi) is 4.15. The van der Waals surface area contributed by atoms with Gasteiger partial charge < -0.3 is 11.1 Å². The lowest BCUT2D eigenvalue weighted by molar-refractivity contribution is 0.0912. The summed E-state index contributed by atoms with van der Waals surface area (Å²) in [5.74, 6) is -0.177. The number of amides is 1. The Labute approximate surface area is 127 Å². The van der Waals surface area contributed by atoms with Gasteiger partial charge in [-0.25, -0.2) is 4.98 Å². The van der Waals surface area contributed by atoms with E-state index in [1.54, 1.807) is 30.5 Å². The number of nitrogens with two attached hydrogens (primary N) is 1. The third-order valence-electron chi connectivity index (χ3n) is 2.80. The zero-order chi connectivity index (χ0) is 14.8. The fourth-order valence-corrected chi connectivity index (χ4v) is 2.60. The van der Waals surface area contributed by atoms with E-state index >= 15 is 0 Å². The number of hydrogen-bond donors (Lipinski definition) is 2. The number of benzene rings is 1. The third kappa shape index (κ3) is 3.20. The van der Waals surface area contributed by atoms with Crippen LogP contribution in [0.25, 0.3) is 0 Å². The highest BCUT2D eigenvalue weighted by atomic mass is 32.1. The second-order valence-corrected chi connectivity index (χ2v) is 6.20. The highest BCUT2D eigenvalue weighted by molar-refractivity contribution is 7.80. The fourth-order valence-electron chi connectivity index (χ4n) is 1.76. The Morgan fingerprint density at radius 2 is 2.10 bits per heavy atom. The Bertz CT molecular complexity index is 636. The maximum atomic E-state index is 12.3. The zero-order valence-corrected chi connectivity index (χ0v) is 12.8. The van der Waals surface area contributed by atoms with Gasteiger partial charge in [0, 0.05) is 22.7 Å². The van der Waals surface area contributed by atoms with E-state index in [2.05, 4.69) is 10.3 Å². The van der Waals surface area contributed by atoms with Gasteiger partial charge in [-0.05, 0) is 26.0 Å².